The third-order valence-electron chi connectivity index (χ3n) is 1.68. The average molecular weight is 192 g/mol. The second-order valence-electron chi connectivity index (χ2n) is 2.77. The van der Waals surface area contributed by atoms with Gasteiger partial charge in [0.05, 0.1) is 5.56 Å². The molecule has 0 atom stereocenters. The number of pyridine rings is 1. The molecule has 0 unspecified atom stereocenters. The molecule has 0 radical (unpaired) electrons. The Bertz CT molecular complexity index is 328. The van der Waals surface area contributed by atoms with Crippen LogP contribution >= 0.6 is 11.8 Å². The third kappa shape index (κ3) is 2.46. The summed E-state index contributed by atoms with van der Waals surface area (Å²) in [4.78, 5) is 4.19. The van der Waals surface area contributed by atoms with Gasteiger partial charge < -0.3 is 0 Å². The van der Waals surface area contributed by atoms with Crippen LogP contribution in [0.25, 0.3) is 0 Å². The fourth-order valence-corrected chi connectivity index (χ4v) is 1.86. The van der Waals surface area contributed by atoms with Gasteiger partial charge in [-0.3, -0.25) is 0 Å². The van der Waals surface area contributed by atoms with Crippen LogP contribution in [-0.2, 0) is 0 Å². The van der Waals surface area contributed by atoms with Gasteiger partial charge in [0.1, 0.15) is 11.1 Å². The molecule has 2 nitrogen and oxygen atoms in total. The fraction of sp³-hybridized carbons (Fsp3) is 0.400. The number of thioether (sulfide) groups is 1. The van der Waals surface area contributed by atoms with E-state index in [-0.39, 0.29) is 0 Å². The molecule has 68 valence electrons. The van der Waals surface area contributed by atoms with Crippen LogP contribution in [0, 0.1) is 18.3 Å². The van der Waals surface area contributed by atoms with Gasteiger partial charge in [0, 0.05) is 6.20 Å². The van der Waals surface area contributed by atoms with Gasteiger partial charge >= 0.3 is 0 Å². The minimum atomic E-state index is 0.723. The van der Waals surface area contributed by atoms with E-state index in [2.05, 4.69) is 18.0 Å². The lowest BCUT2D eigenvalue weighted by atomic mass is 10.2. The van der Waals surface area contributed by atoms with Crippen LogP contribution in [0.5, 0.6) is 0 Å². The van der Waals surface area contributed by atoms with Crippen LogP contribution in [-0.4, -0.2) is 10.7 Å². The van der Waals surface area contributed by atoms with E-state index < -0.39 is 0 Å². The summed E-state index contributed by atoms with van der Waals surface area (Å²) in [6.45, 7) is 4.06. The zero-order valence-corrected chi connectivity index (χ0v) is 8.69. The van der Waals surface area contributed by atoms with E-state index in [4.69, 9.17) is 5.26 Å². The Morgan fingerprint density at radius 1 is 1.62 bits per heavy atom. The Morgan fingerprint density at radius 2 is 2.38 bits per heavy atom. The highest BCUT2D eigenvalue weighted by Crippen LogP contribution is 2.22. The van der Waals surface area contributed by atoms with Crippen molar-refractivity contribution in [1.29, 1.82) is 5.26 Å². The van der Waals surface area contributed by atoms with Gasteiger partial charge in [-0.15, -0.1) is 11.8 Å². The Kier molecular flexibility index (Phi) is 3.78. The maximum Gasteiger partial charge on any atom is 0.114 e. The average Bonchev–Trinajstić information content (AvgIpc) is 2.15. The molecule has 0 aliphatic heterocycles. The molecule has 0 saturated carbocycles. The predicted molar refractivity (Wildman–Crippen MR) is 54.7 cm³/mol. The summed E-state index contributed by atoms with van der Waals surface area (Å²) in [6, 6.07) is 4.06. The van der Waals surface area contributed by atoms with Gasteiger partial charge in [0.25, 0.3) is 0 Å². The smallest absolute Gasteiger partial charge is 0.114 e. The monoisotopic (exact) mass is 192 g/mol. The quantitative estimate of drug-likeness (QED) is 0.691. The number of aryl methyl sites for hydroxylation is 1. The van der Waals surface area contributed by atoms with Crippen molar-refractivity contribution < 1.29 is 0 Å². The van der Waals surface area contributed by atoms with Crippen molar-refractivity contribution in [2.75, 3.05) is 5.75 Å². The molecular weight excluding hydrogens is 180 g/mol. The number of hydrogen-bond acceptors (Lipinski definition) is 3. The zero-order valence-electron chi connectivity index (χ0n) is 7.87. The first-order valence-electron chi connectivity index (χ1n) is 4.28. The van der Waals surface area contributed by atoms with Crippen molar-refractivity contribution in [1.82, 2.24) is 4.98 Å². The van der Waals surface area contributed by atoms with Crippen molar-refractivity contribution in [3.05, 3.63) is 23.4 Å². The molecule has 0 N–H and O–H groups in total. The minimum absolute atomic E-state index is 0.723. The number of rotatable bonds is 3. The van der Waals surface area contributed by atoms with Crippen LogP contribution in [0.1, 0.15) is 24.5 Å². The lowest BCUT2D eigenvalue weighted by Gasteiger charge is -2.03. The van der Waals surface area contributed by atoms with Crippen LogP contribution < -0.4 is 0 Å². The molecule has 0 aliphatic rings. The van der Waals surface area contributed by atoms with Gasteiger partial charge in [-0.05, 0) is 30.7 Å². The van der Waals surface area contributed by atoms with Crippen LogP contribution in [0.2, 0.25) is 0 Å². The number of nitriles is 1. The molecule has 1 rings (SSSR count). The predicted octanol–water partition coefficient (Wildman–Crippen LogP) is 2.76. The summed E-state index contributed by atoms with van der Waals surface area (Å²) >= 11 is 1.65. The molecule has 0 aromatic carbocycles. The Balaban J connectivity index is 2.93. The van der Waals surface area contributed by atoms with Gasteiger partial charge in [-0.2, -0.15) is 5.26 Å². The van der Waals surface area contributed by atoms with Crippen LogP contribution in [0.4, 0.5) is 0 Å². The van der Waals surface area contributed by atoms with E-state index in [9.17, 15) is 0 Å². The maximum absolute atomic E-state index is 8.90. The SMILES string of the molecule is CCCSc1nccc(C)c1C#N. The zero-order chi connectivity index (χ0) is 9.68. The molecule has 0 amide bonds. The summed E-state index contributed by atoms with van der Waals surface area (Å²) in [5.74, 6) is 1.02. The summed E-state index contributed by atoms with van der Waals surface area (Å²) in [7, 11) is 0. The van der Waals surface area contributed by atoms with Gasteiger partial charge in [0.2, 0.25) is 0 Å². The topological polar surface area (TPSA) is 36.7 Å². The summed E-state index contributed by atoms with van der Waals surface area (Å²) < 4.78 is 0. The van der Waals surface area contributed by atoms with Crippen LogP contribution in [0.15, 0.2) is 17.3 Å². The normalized spacial score (nSPS) is 9.62. The third-order valence-corrected chi connectivity index (χ3v) is 2.87. The number of aromatic nitrogens is 1. The molecule has 0 aliphatic carbocycles. The van der Waals surface area contributed by atoms with E-state index in [0.29, 0.717) is 0 Å². The first-order valence-corrected chi connectivity index (χ1v) is 5.26. The molecule has 13 heavy (non-hydrogen) atoms. The van der Waals surface area contributed by atoms with Crippen molar-refractivity contribution in [2.24, 2.45) is 0 Å². The fourth-order valence-electron chi connectivity index (χ4n) is 0.977. The van der Waals surface area contributed by atoms with E-state index in [1.54, 1.807) is 18.0 Å². The van der Waals surface area contributed by atoms with E-state index in [1.807, 2.05) is 13.0 Å². The first-order chi connectivity index (χ1) is 6.29. The van der Waals surface area contributed by atoms with E-state index in [1.165, 1.54) is 0 Å². The lowest BCUT2D eigenvalue weighted by molar-refractivity contribution is 1.06. The molecule has 1 aromatic rings. The van der Waals surface area contributed by atoms with Crippen molar-refractivity contribution >= 4 is 11.8 Å². The highest BCUT2D eigenvalue weighted by Gasteiger charge is 2.05. The second kappa shape index (κ2) is 4.88. The van der Waals surface area contributed by atoms with Gasteiger partial charge in [-0.25, -0.2) is 4.98 Å². The Labute approximate surface area is 83.0 Å². The minimum Gasteiger partial charge on any atom is -0.249 e. The second-order valence-corrected chi connectivity index (χ2v) is 3.85. The van der Waals surface area contributed by atoms with E-state index in [0.717, 1.165) is 28.3 Å². The molecular formula is C10H12N2S. The number of hydrogen-bond donors (Lipinski definition) is 0. The van der Waals surface area contributed by atoms with Crippen molar-refractivity contribution in [2.45, 2.75) is 25.3 Å². The van der Waals surface area contributed by atoms with Crippen molar-refractivity contribution in [3.63, 3.8) is 0 Å². The molecule has 0 spiro atoms. The summed E-state index contributed by atoms with van der Waals surface area (Å²) in [5, 5.41) is 9.76. The molecule has 0 bridgehead atoms. The standard InChI is InChI=1S/C10H12N2S/c1-3-6-13-10-9(7-11)8(2)4-5-12-10/h4-5H,3,6H2,1-2H3. The first kappa shape index (κ1) is 10.1. The largest absolute Gasteiger partial charge is 0.249 e. The Morgan fingerprint density at radius 3 is 3.00 bits per heavy atom. The molecule has 1 aromatic heterocycles. The van der Waals surface area contributed by atoms with Gasteiger partial charge in [-0.1, -0.05) is 6.92 Å². The highest BCUT2D eigenvalue weighted by atomic mass is 32.2. The number of nitrogens with zero attached hydrogens (tertiary/aromatic N) is 2. The lowest BCUT2D eigenvalue weighted by Crippen LogP contribution is -1.90. The van der Waals surface area contributed by atoms with Gasteiger partial charge in [0.15, 0.2) is 0 Å². The molecule has 0 saturated heterocycles. The molecule has 1 heterocycles. The van der Waals surface area contributed by atoms with Crippen molar-refractivity contribution in [3.8, 4) is 6.07 Å². The van der Waals surface area contributed by atoms with Crippen LogP contribution in [0.3, 0.4) is 0 Å². The van der Waals surface area contributed by atoms with E-state index >= 15 is 0 Å². The highest BCUT2D eigenvalue weighted by molar-refractivity contribution is 7.99. The molecule has 0 fully saturated rings. The Hall–Kier alpha value is -1.01. The maximum atomic E-state index is 8.90. The molecule has 3 heteroatoms. The summed E-state index contributed by atoms with van der Waals surface area (Å²) in [6.07, 6.45) is 2.86. The summed E-state index contributed by atoms with van der Waals surface area (Å²) in [5.41, 5.74) is 1.73.